The molecule has 1 atom stereocenters. The smallest absolute Gasteiger partial charge is 0.0917 e. The molecule has 0 fully saturated rings. The highest BCUT2D eigenvalue weighted by molar-refractivity contribution is 6.07. The highest BCUT2D eigenvalue weighted by atomic mass is 35.5. The molecule has 0 aliphatic heterocycles. The van der Waals surface area contributed by atoms with E-state index < -0.39 is 6.10 Å². The average molecular weight is 442 g/mol. The lowest BCUT2D eigenvalue weighted by molar-refractivity contribution is 0.110. The van der Waals surface area contributed by atoms with Crippen molar-refractivity contribution in [3.05, 3.63) is 60.2 Å². The number of aliphatic hydroxyl groups is 1. The number of benzene rings is 3. The summed E-state index contributed by atoms with van der Waals surface area (Å²) in [5, 5.41) is 16.1. The van der Waals surface area contributed by atoms with Crippen LogP contribution in [0.3, 0.4) is 0 Å². The minimum atomic E-state index is -0.439. The predicted octanol–water partition coefficient (Wildman–Crippen LogP) is 7.91. The van der Waals surface area contributed by atoms with E-state index in [1.54, 1.807) is 0 Å². The molecule has 31 heavy (non-hydrogen) atoms. The molecule has 0 saturated heterocycles. The lowest BCUT2D eigenvalue weighted by Gasteiger charge is -2.25. The van der Waals surface area contributed by atoms with Crippen LogP contribution in [0.5, 0.6) is 0 Å². The normalized spacial score (nSPS) is 12.4. The zero-order chi connectivity index (χ0) is 21.2. The Labute approximate surface area is 195 Å². The average Bonchev–Trinajstić information content (AvgIpc) is 2.78. The van der Waals surface area contributed by atoms with Crippen molar-refractivity contribution in [1.82, 2.24) is 4.90 Å². The van der Waals surface area contributed by atoms with Gasteiger partial charge in [-0.2, -0.15) is 0 Å². The lowest BCUT2D eigenvalue weighted by atomic mass is 9.98. The van der Waals surface area contributed by atoms with Crippen molar-refractivity contribution in [1.29, 1.82) is 0 Å². The fourth-order valence-electron chi connectivity index (χ4n) is 4.40. The molecule has 0 bridgehead atoms. The Morgan fingerprint density at radius 3 is 1.94 bits per heavy atom. The molecule has 2 nitrogen and oxygen atoms in total. The molecule has 0 saturated carbocycles. The summed E-state index contributed by atoms with van der Waals surface area (Å²) in [6.07, 6.45) is 9.76. The van der Waals surface area contributed by atoms with Gasteiger partial charge < -0.3 is 10.0 Å². The first-order valence-corrected chi connectivity index (χ1v) is 12.0. The standard InChI is InChI=1S/C28H39NO.ClH/c1-3-5-7-11-19-29(20-12-8-6-4-2)22-28(30)25-18-17-24-16-15-23-13-9-10-14-26(23)27(24)21-25;/h9-10,13-18,21,28,30H,3-8,11-12,19-20,22H2,1-2H3;1H. The van der Waals surface area contributed by atoms with Crippen LogP contribution < -0.4 is 0 Å². The molecule has 0 radical (unpaired) electrons. The number of hydrogen-bond donors (Lipinski definition) is 1. The van der Waals surface area contributed by atoms with Gasteiger partial charge in [0.1, 0.15) is 0 Å². The van der Waals surface area contributed by atoms with Gasteiger partial charge in [0.25, 0.3) is 0 Å². The zero-order valence-corrected chi connectivity index (χ0v) is 20.2. The second-order valence-electron chi connectivity index (χ2n) is 8.70. The topological polar surface area (TPSA) is 23.5 Å². The van der Waals surface area contributed by atoms with Crippen LogP contribution in [0, 0.1) is 0 Å². The summed E-state index contributed by atoms with van der Waals surface area (Å²) >= 11 is 0. The summed E-state index contributed by atoms with van der Waals surface area (Å²) in [5.74, 6) is 0. The maximum atomic E-state index is 11.1. The van der Waals surface area contributed by atoms with E-state index in [0.717, 1.165) is 25.2 Å². The highest BCUT2D eigenvalue weighted by Crippen LogP contribution is 2.28. The molecule has 3 rings (SSSR count). The Bertz CT molecular complexity index is 898. The quantitative estimate of drug-likeness (QED) is 0.215. The van der Waals surface area contributed by atoms with E-state index in [4.69, 9.17) is 0 Å². The van der Waals surface area contributed by atoms with E-state index in [2.05, 4.69) is 73.3 Å². The van der Waals surface area contributed by atoms with E-state index in [9.17, 15) is 5.11 Å². The number of fused-ring (bicyclic) bond motifs is 3. The Morgan fingerprint density at radius 2 is 1.29 bits per heavy atom. The second-order valence-corrected chi connectivity index (χ2v) is 8.70. The first kappa shape index (κ1) is 25.6. The summed E-state index contributed by atoms with van der Waals surface area (Å²) in [4.78, 5) is 2.49. The highest BCUT2D eigenvalue weighted by Gasteiger charge is 2.14. The molecule has 0 spiro atoms. The van der Waals surface area contributed by atoms with Crippen molar-refractivity contribution in [2.45, 2.75) is 71.3 Å². The van der Waals surface area contributed by atoms with Crippen LogP contribution >= 0.6 is 12.4 Å². The maximum Gasteiger partial charge on any atom is 0.0917 e. The molecular weight excluding hydrogens is 402 g/mol. The van der Waals surface area contributed by atoms with Gasteiger partial charge in [-0.05, 0) is 59.1 Å². The van der Waals surface area contributed by atoms with E-state index in [-0.39, 0.29) is 12.4 Å². The first-order valence-electron chi connectivity index (χ1n) is 12.0. The van der Waals surface area contributed by atoms with Crippen molar-refractivity contribution < 1.29 is 5.11 Å². The molecule has 1 N–H and O–H groups in total. The largest absolute Gasteiger partial charge is 0.387 e. The number of nitrogens with zero attached hydrogens (tertiary/aromatic N) is 1. The van der Waals surface area contributed by atoms with E-state index in [1.807, 2.05) is 0 Å². The second kappa shape index (κ2) is 13.7. The van der Waals surface area contributed by atoms with Crippen LogP contribution in [0.25, 0.3) is 21.5 Å². The summed E-state index contributed by atoms with van der Waals surface area (Å²) in [6.45, 7) is 7.44. The monoisotopic (exact) mass is 441 g/mol. The van der Waals surface area contributed by atoms with Gasteiger partial charge in [-0.25, -0.2) is 0 Å². The minimum Gasteiger partial charge on any atom is -0.387 e. The number of aliphatic hydroxyl groups excluding tert-OH is 1. The third-order valence-electron chi connectivity index (χ3n) is 6.24. The number of halogens is 1. The Kier molecular flexibility index (Phi) is 11.4. The van der Waals surface area contributed by atoms with Gasteiger partial charge in [-0.3, -0.25) is 0 Å². The van der Waals surface area contributed by atoms with Crippen LogP contribution in [0.4, 0.5) is 0 Å². The maximum absolute atomic E-state index is 11.1. The van der Waals surface area contributed by atoms with Crippen molar-refractivity contribution in [2.24, 2.45) is 0 Å². The molecule has 3 aromatic carbocycles. The molecule has 0 aromatic heterocycles. The van der Waals surface area contributed by atoms with Crippen molar-refractivity contribution >= 4 is 34.0 Å². The van der Waals surface area contributed by atoms with Crippen molar-refractivity contribution in [2.75, 3.05) is 19.6 Å². The Hall–Kier alpha value is -1.61. The molecule has 1 unspecified atom stereocenters. The van der Waals surface area contributed by atoms with Crippen molar-refractivity contribution in [3.8, 4) is 0 Å². The van der Waals surface area contributed by atoms with Gasteiger partial charge in [0.15, 0.2) is 0 Å². The molecule has 0 aliphatic carbocycles. The fraction of sp³-hybridized carbons (Fsp3) is 0.500. The molecular formula is C28H40ClNO. The van der Waals surface area contributed by atoms with E-state index in [1.165, 1.54) is 72.9 Å². The van der Waals surface area contributed by atoms with Gasteiger partial charge in [-0.15, -0.1) is 12.4 Å². The fourth-order valence-corrected chi connectivity index (χ4v) is 4.40. The third-order valence-corrected chi connectivity index (χ3v) is 6.24. The van der Waals surface area contributed by atoms with Crippen LogP contribution in [-0.4, -0.2) is 29.6 Å². The summed E-state index contributed by atoms with van der Waals surface area (Å²) in [6, 6.07) is 19.4. The summed E-state index contributed by atoms with van der Waals surface area (Å²) in [7, 11) is 0. The lowest BCUT2D eigenvalue weighted by Crippen LogP contribution is -2.31. The van der Waals surface area contributed by atoms with Gasteiger partial charge in [0.05, 0.1) is 6.10 Å². The first-order chi connectivity index (χ1) is 14.7. The van der Waals surface area contributed by atoms with Crippen LogP contribution in [0.2, 0.25) is 0 Å². The summed E-state index contributed by atoms with van der Waals surface area (Å²) < 4.78 is 0. The van der Waals surface area contributed by atoms with E-state index >= 15 is 0 Å². The molecule has 3 heteroatoms. The van der Waals surface area contributed by atoms with Crippen LogP contribution in [0.15, 0.2) is 54.6 Å². The van der Waals surface area contributed by atoms with Crippen LogP contribution in [-0.2, 0) is 0 Å². The number of hydrogen-bond acceptors (Lipinski definition) is 2. The Balaban J connectivity index is 0.00000341. The third kappa shape index (κ3) is 7.49. The Morgan fingerprint density at radius 1 is 0.710 bits per heavy atom. The molecule has 0 aliphatic rings. The van der Waals surface area contributed by atoms with Crippen LogP contribution in [0.1, 0.15) is 76.9 Å². The van der Waals surface area contributed by atoms with Gasteiger partial charge in [0, 0.05) is 6.54 Å². The van der Waals surface area contributed by atoms with Gasteiger partial charge >= 0.3 is 0 Å². The van der Waals surface area contributed by atoms with Gasteiger partial charge in [0.2, 0.25) is 0 Å². The molecule has 3 aromatic rings. The van der Waals surface area contributed by atoms with E-state index in [0.29, 0.717) is 0 Å². The van der Waals surface area contributed by atoms with Crippen molar-refractivity contribution in [3.63, 3.8) is 0 Å². The number of unbranched alkanes of at least 4 members (excludes halogenated alkanes) is 6. The predicted molar refractivity (Wildman–Crippen MR) is 138 cm³/mol. The number of rotatable bonds is 13. The molecule has 0 heterocycles. The van der Waals surface area contributed by atoms with Gasteiger partial charge in [-0.1, -0.05) is 101 Å². The minimum absolute atomic E-state index is 0. The zero-order valence-electron chi connectivity index (χ0n) is 19.4. The SMILES string of the molecule is CCCCCCN(CCCCCC)CC(O)c1ccc2ccc3ccccc3c2c1.Cl. The molecule has 170 valence electrons. The summed E-state index contributed by atoms with van der Waals surface area (Å²) in [5.41, 5.74) is 1.03. The molecule has 0 amide bonds.